The number of rotatable bonds is 4. The third kappa shape index (κ3) is 3.23. The Morgan fingerprint density at radius 2 is 2.38 bits per heavy atom. The number of carboxylic acids is 1. The molecule has 0 aliphatic heterocycles. The number of benzene rings is 1. The number of carbonyl (C=O) groups is 1. The van der Waals surface area contributed by atoms with Crippen LogP contribution < -0.4 is 10.6 Å². The van der Waals surface area contributed by atoms with Gasteiger partial charge in [0.1, 0.15) is 5.75 Å². The molecular formula is C10H11BrN2O3. The first kappa shape index (κ1) is 12.5. The van der Waals surface area contributed by atoms with E-state index >= 15 is 0 Å². The molecule has 0 bridgehead atoms. The summed E-state index contributed by atoms with van der Waals surface area (Å²) < 4.78 is 5.87. The zero-order valence-corrected chi connectivity index (χ0v) is 10.1. The van der Waals surface area contributed by atoms with Crippen LogP contribution in [0.2, 0.25) is 0 Å². The molecule has 0 radical (unpaired) electrons. The number of aliphatic carboxylic acids is 1. The molecule has 0 aromatic heterocycles. The maximum Gasteiger partial charge on any atom is 0.344 e. The Hall–Kier alpha value is -1.56. The van der Waals surface area contributed by atoms with E-state index in [1.807, 2.05) is 0 Å². The van der Waals surface area contributed by atoms with Gasteiger partial charge in [0.05, 0.1) is 10.7 Å². The largest absolute Gasteiger partial charge is 0.479 e. The van der Waals surface area contributed by atoms with Gasteiger partial charge in [-0.15, -0.1) is 0 Å². The van der Waals surface area contributed by atoms with E-state index in [4.69, 9.17) is 15.7 Å². The monoisotopic (exact) mass is 286 g/mol. The van der Waals surface area contributed by atoms with Crippen LogP contribution in [0.3, 0.4) is 0 Å². The van der Waals surface area contributed by atoms with Crippen LogP contribution in [0.4, 0.5) is 0 Å². The second-order valence-electron chi connectivity index (χ2n) is 3.07. The number of carboxylic acid groups (broad SMARTS) is 1. The van der Waals surface area contributed by atoms with Gasteiger partial charge in [-0.2, -0.15) is 5.10 Å². The lowest BCUT2D eigenvalue weighted by Crippen LogP contribution is -2.23. The second-order valence-corrected chi connectivity index (χ2v) is 3.92. The van der Waals surface area contributed by atoms with Crippen molar-refractivity contribution in [3.8, 4) is 5.75 Å². The van der Waals surface area contributed by atoms with E-state index in [-0.39, 0.29) is 0 Å². The number of hydrogen-bond acceptors (Lipinski definition) is 4. The summed E-state index contributed by atoms with van der Waals surface area (Å²) in [7, 11) is 0. The Bertz CT molecular complexity index is 421. The van der Waals surface area contributed by atoms with Crippen molar-refractivity contribution in [1.29, 1.82) is 0 Å². The Labute approximate surface area is 101 Å². The van der Waals surface area contributed by atoms with Crippen LogP contribution in [-0.2, 0) is 4.79 Å². The molecular weight excluding hydrogens is 276 g/mol. The minimum absolute atomic E-state index is 0.462. The number of hydrogen-bond donors (Lipinski definition) is 2. The zero-order valence-electron chi connectivity index (χ0n) is 8.55. The van der Waals surface area contributed by atoms with E-state index in [0.29, 0.717) is 10.2 Å². The van der Waals surface area contributed by atoms with Crippen LogP contribution in [-0.4, -0.2) is 23.4 Å². The van der Waals surface area contributed by atoms with Crippen molar-refractivity contribution in [2.75, 3.05) is 0 Å². The fourth-order valence-electron chi connectivity index (χ4n) is 1.02. The molecule has 16 heavy (non-hydrogen) atoms. The lowest BCUT2D eigenvalue weighted by atomic mass is 10.2. The summed E-state index contributed by atoms with van der Waals surface area (Å²) in [6.07, 6.45) is 0.583. The highest BCUT2D eigenvalue weighted by molar-refractivity contribution is 9.10. The third-order valence-corrected chi connectivity index (χ3v) is 2.45. The summed E-state index contributed by atoms with van der Waals surface area (Å²) in [6, 6.07) is 5.12. The molecule has 1 unspecified atom stereocenters. The van der Waals surface area contributed by atoms with E-state index in [0.717, 1.165) is 5.56 Å². The topological polar surface area (TPSA) is 84.9 Å². The first-order valence-corrected chi connectivity index (χ1v) is 5.26. The van der Waals surface area contributed by atoms with Crippen LogP contribution in [0.25, 0.3) is 0 Å². The third-order valence-electron chi connectivity index (χ3n) is 1.83. The lowest BCUT2D eigenvalue weighted by Gasteiger charge is -2.11. The maximum absolute atomic E-state index is 10.6. The predicted octanol–water partition coefficient (Wildman–Crippen LogP) is 1.59. The molecule has 0 saturated heterocycles. The maximum atomic E-state index is 10.6. The van der Waals surface area contributed by atoms with Gasteiger partial charge in [-0.1, -0.05) is 0 Å². The quantitative estimate of drug-likeness (QED) is 0.500. The predicted molar refractivity (Wildman–Crippen MR) is 63.6 cm³/mol. The molecule has 1 aromatic rings. The van der Waals surface area contributed by atoms with E-state index in [1.165, 1.54) is 13.1 Å². The van der Waals surface area contributed by atoms with Crippen LogP contribution in [0, 0.1) is 0 Å². The Morgan fingerprint density at radius 1 is 1.69 bits per heavy atom. The molecule has 1 aromatic carbocycles. The van der Waals surface area contributed by atoms with E-state index in [1.54, 1.807) is 18.2 Å². The zero-order chi connectivity index (χ0) is 12.1. The van der Waals surface area contributed by atoms with Gasteiger partial charge in [0.2, 0.25) is 0 Å². The van der Waals surface area contributed by atoms with E-state index in [9.17, 15) is 4.79 Å². The van der Waals surface area contributed by atoms with Gasteiger partial charge >= 0.3 is 5.97 Å². The number of nitrogens with zero attached hydrogens (tertiary/aromatic N) is 1. The molecule has 6 heteroatoms. The Morgan fingerprint density at radius 3 is 2.88 bits per heavy atom. The van der Waals surface area contributed by atoms with Gasteiger partial charge < -0.3 is 15.7 Å². The molecule has 5 nitrogen and oxygen atoms in total. The molecule has 86 valence electrons. The van der Waals surface area contributed by atoms with Crippen molar-refractivity contribution < 1.29 is 14.6 Å². The molecule has 0 aliphatic carbocycles. The molecule has 0 heterocycles. The fraction of sp³-hybridized carbons (Fsp3) is 0.200. The Kier molecular flexibility index (Phi) is 4.30. The van der Waals surface area contributed by atoms with Crippen LogP contribution in [0.1, 0.15) is 12.5 Å². The van der Waals surface area contributed by atoms with Gasteiger partial charge in [0, 0.05) is 0 Å². The average molecular weight is 287 g/mol. The summed E-state index contributed by atoms with van der Waals surface area (Å²) in [5.74, 6) is 4.46. The Balaban J connectivity index is 2.87. The first-order valence-electron chi connectivity index (χ1n) is 4.47. The highest BCUT2D eigenvalue weighted by atomic mass is 79.9. The van der Waals surface area contributed by atoms with Gasteiger partial charge in [0.15, 0.2) is 6.10 Å². The highest BCUT2D eigenvalue weighted by Gasteiger charge is 2.14. The molecule has 3 N–H and O–H groups in total. The minimum atomic E-state index is -1.01. The normalized spacial score (nSPS) is 12.6. The van der Waals surface area contributed by atoms with Crippen LogP contribution in [0.5, 0.6) is 5.75 Å². The van der Waals surface area contributed by atoms with E-state index < -0.39 is 12.1 Å². The van der Waals surface area contributed by atoms with Crippen LogP contribution >= 0.6 is 15.9 Å². The van der Waals surface area contributed by atoms with Crippen molar-refractivity contribution in [3.05, 3.63) is 28.2 Å². The summed E-state index contributed by atoms with van der Waals surface area (Å²) in [5.41, 5.74) is 0.796. The van der Waals surface area contributed by atoms with Gasteiger partial charge in [-0.3, -0.25) is 0 Å². The van der Waals surface area contributed by atoms with Crippen molar-refractivity contribution >= 4 is 28.1 Å². The van der Waals surface area contributed by atoms with Gasteiger partial charge in [0.25, 0.3) is 0 Å². The molecule has 0 fully saturated rings. The molecule has 0 saturated carbocycles. The van der Waals surface area contributed by atoms with Crippen molar-refractivity contribution in [2.24, 2.45) is 10.9 Å². The van der Waals surface area contributed by atoms with Crippen molar-refractivity contribution in [1.82, 2.24) is 0 Å². The smallest absolute Gasteiger partial charge is 0.344 e. The second kappa shape index (κ2) is 5.50. The van der Waals surface area contributed by atoms with Crippen molar-refractivity contribution in [2.45, 2.75) is 13.0 Å². The number of ether oxygens (including phenoxy) is 1. The van der Waals surface area contributed by atoms with Crippen LogP contribution in [0.15, 0.2) is 27.8 Å². The fourth-order valence-corrected chi connectivity index (χ4v) is 1.51. The highest BCUT2D eigenvalue weighted by Crippen LogP contribution is 2.26. The van der Waals surface area contributed by atoms with Gasteiger partial charge in [-0.05, 0) is 46.6 Å². The summed E-state index contributed by atoms with van der Waals surface area (Å²) in [5, 5.41) is 12.1. The average Bonchev–Trinajstić information content (AvgIpc) is 2.22. The summed E-state index contributed by atoms with van der Waals surface area (Å²) in [4.78, 5) is 10.6. The molecule has 1 rings (SSSR count). The number of nitrogens with two attached hydrogens (primary N) is 1. The minimum Gasteiger partial charge on any atom is -0.479 e. The van der Waals surface area contributed by atoms with E-state index in [2.05, 4.69) is 21.0 Å². The van der Waals surface area contributed by atoms with Gasteiger partial charge in [-0.25, -0.2) is 4.79 Å². The summed E-state index contributed by atoms with van der Waals surface area (Å²) in [6.45, 7) is 1.46. The standard InChI is InChI=1S/C10H11BrN2O3/c1-6(10(14)15)16-9-3-2-7(5-13-12)4-8(9)11/h2-6H,12H2,1H3,(H,14,15). The molecule has 0 aliphatic rings. The molecule has 0 amide bonds. The SMILES string of the molecule is CC(Oc1ccc(C=NN)cc1Br)C(=O)O. The number of halogens is 1. The first-order chi connectivity index (χ1) is 7.54. The number of hydrazone groups is 1. The summed E-state index contributed by atoms with van der Waals surface area (Å²) >= 11 is 3.27. The molecule has 0 spiro atoms. The molecule has 1 atom stereocenters. The van der Waals surface area contributed by atoms with Crippen molar-refractivity contribution in [3.63, 3.8) is 0 Å². The lowest BCUT2D eigenvalue weighted by molar-refractivity contribution is -0.144.